The number of carbonyl (C=O) groups is 1. The molecule has 0 radical (unpaired) electrons. The van der Waals surface area contributed by atoms with Gasteiger partial charge >= 0.3 is 0 Å². The Hall–Kier alpha value is -3.22. The van der Waals surface area contributed by atoms with Gasteiger partial charge in [0.15, 0.2) is 5.82 Å². The summed E-state index contributed by atoms with van der Waals surface area (Å²) in [4.78, 5) is 24.8. The van der Waals surface area contributed by atoms with E-state index in [9.17, 15) is 4.79 Å². The van der Waals surface area contributed by atoms with E-state index in [0.717, 1.165) is 5.82 Å². The van der Waals surface area contributed by atoms with Crippen LogP contribution in [-0.2, 0) is 6.54 Å². The molecular weight excluding hydrogens is 306 g/mol. The highest BCUT2D eigenvalue weighted by molar-refractivity contribution is 5.94. The lowest BCUT2D eigenvalue weighted by Crippen LogP contribution is -2.27. The zero-order valence-electron chi connectivity index (χ0n) is 13.2. The van der Waals surface area contributed by atoms with Crippen molar-refractivity contribution in [2.24, 2.45) is 0 Å². The van der Waals surface area contributed by atoms with Crippen molar-refractivity contribution in [2.75, 3.05) is 13.7 Å². The number of methoxy groups -OCH3 is 1. The fraction of sp³-hybridized carbons (Fsp3) is 0.176. The largest absolute Gasteiger partial charge is 0.497 e. The number of rotatable bonds is 6. The fourth-order valence-electron chi connectivity index (χ4n) is 2.29. The van der Waals surface area contributed by atoms with Crippen LogP contribution < -0.4 is 10.1 Å². The van der Waals surface area contributed by atoms with E-state index in [4.69, 9.17) is 4.74 Å². The highest BCUT2D eigenvalue weighted by Gasteiger charge is 2.09. The van der Waals surface area contributed by atoms with E-state index in [-0.39, 0.29) is 5.91 Å². The van der Waals surface area contributed by atoms with E-state index >= 15 is 0 Å². The van der Waals surface area contributed by atoms with Crippen LogP contribution in [0.2, 0.25) is 0 Å². The molecule has 0 bridgehead atoms. The first-order valence-electron chi connectivity index (χ1n) is 7.47. The van der Waals surface area contributed by atoms with Crippen LogP contribution in [0.1, 0.15) is 10.4 Å². The molecule has 0 spiro atoms. The Morgan fingerprint density at radius 1 is 1.25 bits per heavy atom. The first kappa shape index (κ1) is 15.7. The van der Waals surface area contributed by atoms with Crippen LogP contribution in [0.15, 0.2) is 55.2 Å². The number of nitrogens with one attached hydrogen (secondary N) is 1. The molecule has 0 atom stereocenters. The van der Waals surface area contributed by atoms with Crippen molar-refractivity contribution in [1.29, 1.82) is 0 Å². The van der Waals surface area contributed by atoms with Gasteiger partial charge in [0.1, 0.15) is 11.4 Å². The topological polar surface area (TPSA) is 81.9 Å². The Morgan fingerprint density at radius 3 is 2.96 bits per heavy atom. The second-order valence-electron chi connectivity index (χ2n) is 5.02. The van der Waals surface area contributed by atoms with Gasteiger partial charge in [-0.1, -0.05) is 6.07 Å². The van der Waals surface area contributed by atoms with Gasteiger partial charge in [-0.15, -0.1) is 0 Å². The van der Waals surface area contributed by atoms with Crippen molar-refractivity contribution in [1.82, 2.24) is 24.8 Å². The number of benzene rings is 1. The molecule has 0 saturated heterocycles. The molecule has 24 heavy (non-hydrogen) atoms. The first-order chi connectivity index (χ1) is 11.8. The van der Waals surface area contributed by atoms with Crippen LogP contribution in [0.5, 0.6) is 5.75 Å². The van der Waals surface area contributed by atoms with Gasteiger partial charge in [0.2, 0.25) is 0 Å². The molecule has 2 aromatic heterocycles. The summed E-state index contributed by atoms with van der Waals surface area (Å²) in [6.45, 7) is 1.06. The predicted octanol–water partition coefficient (Wildman–Crippen LogP) is 1.78. The molecule has 0 fully saturated rings. The summed E-state index contributed by atoms with van der Waals surface area (Å²) in [5.41, 5.74) is 1.26. The Labute approximate surface area is 139 Å². The third-order valence-corrected chi connectivity index (χ3v) is 3.48. The molecule has 0 saturated carbocycles. The number of carbonyl (C=O) groups excluding carboxylic acids is 1. The second kappa shape index (κ2) is 7.36. The van der Waals surface area contributed by atoms with Crippen molar-refractivity contribution in [3.05, 3.63) is 60.8 Å². The highest BCUT2D eigenvalue weighted by Crippen LogP contribution is 2.13. The van der Waals surface area contributed by atoms with E-state index in [0.29, 0.717) is 30.1 Å². The zero-order valence-corrected chi connectivity index (χ0v) is 13.2. The maximum Gasteiger partial charge on any atom is 0.251 e. The fourth-order valence-corrected chi connectivity index (χ4v) is 2.29. The van der Waals surface area contributed by atoms with Gasteiger partial charge in [0.05, 0.1) is 13.3 Å². The maximum atomic E-state index is 12.2. The second-order valence-corrected chi connectivity index (χ2v) is 5.02. The number of nitrogens with zero attached hydrogens (tertiary/aromatic N) is 4. The maximum absolute atomic E-state index is 12.2. The molecule has 0 aliphatic heterocycles. The summed E-state index contributed by atoms with van der Waals surface area (Å²) < 4.78 is 7.05. The molecule has 3 rings (SSSR count). The molecule has 7 nitrogen and oxygen atoms in total. The van der Waals surface area contributed by atoms with Crippen LogP contribution in [-0.4, -0.2) is 39.1 Å². The molecular formula is C17H17N5O2. The summed E-state index contributed by atoms with van der Waals surface area (Å²) in [6, 6.07) is 7.04. The molecule has 0 aliphatic rings. The van der Waals surface area contributed by atoms with E-state index in [1.165, 1.54) is 0 Å². The minimum Gasteiger partial charge on any atom is -0.497 e. The van der Waals surface area contributed by atoms with Gasteiger partial charge in [0, 0.05) is 43.4 Å². The van der Waals surface area contributed by atoms with E-state index in [2.05, 4.69) is 20.3 Å². The van der Waals surface area contributed by atoms with Gasteiger partial charge < -0.3 is 14.6 Å². The third kappa shape index (κ3) is 3.57. The monoisotopic (exact) mass is 323 g/mol. The normalized spacial score (nSPS) is 10.4. The Balaban J connectivity index is 1.61. The van der Waals surface area contributed by atoms with Crippen LogP contribution in [0.4, 0.5) is 0 Å². The molecule has 0 aliphatic carbocycles. The molecule has 2 heterocycles. The third-order valence-electron chi connectivity index (χ3n) is 3.48. The number of amides is 1. The predicted molar refractivity (Wildman–Crippen MR) is 88.6 cm³/mol. The molecule has 3 aromatic rings. The van der Waals surface area contributed by atoms with Gasteiger partial charge in [-0.3, -0.25) is 9.78 Å². The summed E-state index contributed by atoms with van der Waals surface area (Å²) in [5.74, 6) is 1.23. The number of aromatic nitrogens is 4. The highest BCUT2D eigenvalue weighted by atomic mass is 16.5. The van der Waals surface area contributed by atoms with Crippen molar-refractivity contribution in [2.45, 2.75) is 6.54 Å². The minimum absolute atomic E-state index is 0.143. The molecule has 1 amide bonds. The quantitative estimate of drug-likeness (QED) is 0.748. The zero-order chi connectivity index (χ0) is 16.8. The smallest absolute Gasteiger partial charge is 0.251 e. The standard InChI is InChI=1S/C17H17N5O2/c1-24-14-4-2-3-13(11-14)17(23)21-8-10-22-9-7-20-16(22)15-12-18-5-6-19-15/h2-7,9,11-12H,8,10H2,1H3,(H,21,23). The van der Waals surface area contributed by atoms with E-state index < -0.39 is 0 Å². The van der Waals surface area contributed by atoms with Crippen LogP contribution in [0.3, 0.4) is 0 Å². The molecule has 7 heteroatoms. The molecule has 122 valence electrons. The average molecular weight is 323 g/mol. The number of hydrogen-bond acceptors (Lipinski definition) is 5. The Bertz CT molecular complexity index is 817. The lowest BCUT2D eigenvalue weighted by molar-refractivity contribution is 0.0952. The molecule has 1 N–H and O–H groups in total. The van der Waals surface area contributed by atoms with Crippen LogP contribution in [0, 0.1) is 0 Å². The first-order valence-corrected chi connectivity index (χ1v) is 7.47. The van der Waals surface area contributed by atoms with Gasteiger partial charge in [-0.2, -0.15) is 0 Å². The number of ether oxygens (including phenoxy) is 1. The van der Waals surface area contributed by atoms with E-state index in [1.54, 1.807) is 56.2 Å². The van der Waals surface area contributed by atoms with Crippen molar-refractivity contribution < 1.29 is 9.53 Å². The van der Waals surface area contributed by atoms with Crippen LogP contribution in [0.25, 0.3) is 11.5 Å². The summed E-state index contributed by atoms with van der Waals surface area (Å²) >= 11 is 0. The molecule has 1 aromatic carbocycles. The van der Waals surface area contributed by atoms with Gasteiger partial charge in [-0.05, 0) is 18.2 Å². The number of hydrogen-bond donors (Lipinski definition) is 1. The lowest BCUT2D eigenvalue weighted by Gasteiger charge is -2.09. The summed E-state index contributed by atoms with van der Waals surface area (Å²) in [7, 11) is 1.57. The van der Waals surface area contributed by atoms with Gasteiger partial charge in [0.25, 0.3) is 5.91 Å². The van der Waals surface area contributed by atoms with Crippen molar-refractivity contribution >= 4 is 5.91 Å². The van der Waals surface area contributed by atoms with E-state index in [1.807, 2.05) is 10.8 Å². The van der Waals surface area contributed by atoms with Crippen LogP contribution >= 0.6 is 0 Å². The summed E-state index contributed by atoms with van der Waals surface area (Å²) in [5, 5.41) is 2.89. The summed E-state index contributed by atoms with van der Waals surface area (Å²) in [6.07, 6.45) is 8.45. The SMILES string of the molecule is COc1cccc(C(=O)NCCn2ccnc2-c2cnccn2)c1. The van der Waals surface area contributed by atoms with Crippen molar-refractivity contribution in [3.8, 4) is 17.3 Å². The number of imidazole rings is 1. The molecule has 0 unspecified atom stereocenters. The Morgan fingerprint density at radius 2 is 2.17 bits per heavy atom. The average Bonchev–Trinajstić information content (AvgIpc) is 3.11. The Kier molecular flexibility index (Phi) is 4.81. The van der Waals surface area contributed by atoms with Crippen molar-refractivity contribution in [3.63, 3.8) is 0 Å². The van der Waals surface area contributed by atoms with Gasteiger partial charge in [-0.25, -0.2) is 9.97 Å². The minimum atomic E-state index is -0.143. The lowest BCUT2D eigenvalue weighted by atomic mass is 10.2.